The van der Waals surface area contributed by atoms with Crippen molar-refractivity contribution >= 4 is 5.69 Å². The molecule has 0 spiro atoms. The molecule has 0 bridgehead atoms. The summed E-state index contributed by atoms with van der Waals surface area (Å²) in [4.78, 5) is 4.11. The van der Waals surface area contributed by atoms with Crippen LogP contribution >= 0.6 is 0 Å². The average molecular weight is 274 g/mol. The highest BCUT2D eigenvalue weighted by molar-refractivity contribution is 5.54. The van der Waals surface area contributed by atoms with E-state index in [9.17, 15) is 5.11 Å². The van der Waals surface area contributed by atoms with Gasteiger partial charge in [0.05, 0.1) is 32.2 Å². The first-order valence-corrected chi connectivity index (χ1v) is 6.41. The van der Waals surface area contributed by atoms with Crippen molar-refractivity contribution < 1.29 is 14.6 Å². The largest absolute Gasteiger partial charge is 0.506 e. The fourth-order valence-corrected chi connectivity index (χ4v) is 1.77. The van der Waals surface area contributed by atoms with Gasteiger partial charge in [-0.05, 0) is 31.2 Å². The SMILES string of the molecule is CCOc1ccc(NCc2ccc(O)cn2)cc1OC. The maximum Gasteiger partial charge on any atom is 0.162 e. The summed E-state index contributed by atoms with van der Waals surface area (Å²) in [6, 6.07) is 9.06. The van der Waals surface area contributed by atoms with Crippen LogP contribution in [0.4, 0.5) is 5.69 Å². The number of hydrogen-bond donors (Lipinski definition) is 2. The number of benzene rings is 1. The Kier molecular flexibility index (Phi) is 4.65. The molecule has 0 fully saturated rings. The summed E-state index contributed by atoms with van der Waals surface area (Å²) >= 11 is 0. The smallest absolute Gasteiger partial charge is 0.162 e. The highest BCUT2D eigenvalue weighted by Gasteiger charge is 2.05. The third kappa shape index (κ3) is 3.54. The Morgan fingerprint density at radius 1 is 1.20 bits per heavy atom. The lowest BCUT2D eigenvalue weighted by Gasteiger charge is -2.12. The second kappa shape index (κ2) is 6.65. The van der Waals surface area contributed by atoms with Gasteiger partial charge in [0.1, 0.15) is 5.75 Å². The van der Waals surface area contributed by atoms with Gasteiger partial charge in [-0.3, -0.25) is 4.98 Å². The number of pyridine rings is 1. The van der Waals surface area contributed by atoms with Crippen LogP contribution in [0.1, 0.15) is 12.6 Å². The van der Waals surface area contributed by atoms with E-state index in [1.165, 1.54) is 6.20 Å². The minimum absolute atomic E-state index is 0.163. The van der Waals surface area contributed by atoms with Crippen LogP contribution in [-0.4, -0.2) is 23.8 Å². The molecule has 20 heavy (non-hydrogen) atoms. The molecular weight excluding hydrogens is 256 g/mol. The number of nitrogens with one attached hydrogen (secondary N) is 1. The lowest BCUT2D eigenvalue weighted by Crippen LogP contribution is -2.02. The quantitative estimate of drug-likeness (QED) is 0.848. The molecule has 1 aromatic heterocycles. The van der Waals surface area contributed by atoms with E-state index in [0.717, 1.165) is 17.1 Å². The van der Waals surface area contributed by atoms with Gasteiger partial charge < -0.3 is 19.9 Å². The van der Waals surface area contributed by atoms with Gasteiger partial charge in [-0.2, -0.15) is 0 Å². The molecule has 0 atom stereocenters. The first-order chi connectivity index (χ1) is 9.72. The van der Waals surface area contributed by atoms with Crippen molar-refractivity contribution in [2.24, 2.45) is 0 Å². The van der Waals surface area contributed by atoms with Crippen LogP contribution in [0.5, 0.6) is 17.2 Å². The number of hydrogen-bond acceptors (Lipinski definition) is 5. The molecule has 1 aromatic carbocycles. The molecule has 5 nitrogen and oxygen atoms in total. The minimum atomic E-state index is 0.163. The van der Waals surface area contributed by atoms with Gasteiger partial charge in [-0.15, -0.1) is 0 Å². The normalized spacial score (nSPS) is 10.1. The van der Waals surface area contributed by atoms with Crippen LogP contribution in [0, 0.1) is 0 Å². The summed E-state index contributed by atoms with van der Waals surface area (Å²) in [5.41, 5.74) is 1.76. The van der Waals surface area contributed by atoms with E-state index in [1.54, 1.807) is 19.2 Å². The summed E-state index contributed by atoms with van der Waals surface area (Å²) in [7, 11) is 1.61. The zero-order valence-electron chi connectivity index (χ0n) is 11.6. The summed E-state index contributed by atoms with van der Waals surface area (Å²) in [5, 5.41) is 12.4. The standard InChI is InChI=1S/C15H18N2O3/c1-3-20-14-7-5-11(8-15(14)19-2)16-9-12-4-6-13(18)10-17-12/h4-8,10,16,18H,3,9H2,1-2H3. The van der Waals surface area contributed by atoms with Gasteiger partial charge in [0.2, 0.25) is 0 Å². The Balaban J connectivity index is 2.04. The van der Waals surface area contributed by atoms with Crippen LogP contribution in [0.3, 0.4) is 0 Å². The maximum atomic E-state index is 9.18. The van der Waals surface area contributed by atoms with Crippen molar-refractivity contribution in [1.82, 2.24) is 4.98 Å². The Bertz CT molecular complexity index is 556. The monoisotopic (exact) mass is 274 g/mol. The molecule has 0 aliphatic heterocycles. The summed E-state index contributed by atoms with van der Waals surface area (Å²) in [6.45, 7) is 3.10. The molecule has 2 rings (SSSR count). The number of nitrogens with zero attached hydrogens (tertiary/aromatic N) is 1. The van der Waals surface area contributed by atoms with Gasteiger partial charge in [0.15, 0.2) is 11.5 Å². The predicted molar refractivity (Wildman–Crippen MR) is 77.4 cm³/mol. The van der Waals surface area contributed by atoms with Gasteiger partial charge in [0.25, 0.3) is 0 Å². The lowest BCUT2D eigenvalue weighted by atomic mass is 10.2. The van der Waals surface area contributed by atoms with Crippen molar-refractivity contribution in [2.45, 2.75) is 13.5 Å². The van der Waals surface area contributed by atoms with Gasteiger partial charge >= 0.3 is 0 Å². The summed E-state index contributed by atoms with van der Waals surface area (Å²) in [5.74, 6) is 1.58. The molecule has 2 N–H and O–H groups in total. The van der Waals surface area contributed by atoms with E-state index in [0.29, 0.717) is 18.9 Å². The first-order valence-electron chi connectivity index (χ1n) is 6.41. The van der Waals surface area contributed by atoms with Crippen LogP contribution < -0.4 is 14.8 Å². The molecule has 0 aliphatic carbocycles. The number of ether oxygens (including phenoxy) is 2. The van der Waals surface area contributed by atoms with E-state index < -0.39 is 0 Å². The molecule has 1 heterocycles. The molecular formula is C15H18N2O3. The Labute approximate surface area is 118 Å². The first kappa shape index (κ1) is 14.0. The minimum Gasteiger partial charge on any atom is -0.506 e. The molecule has 0 aliphatic rings. The molecule has 106 valence electrons. The second-order valence-corrected chi connectivity index (χ2v) is 4.16. The van der Waals surface area contributed by atoms with Gasteiger partial charge in [-0.25, -0.2) is 0 Å². The molecule has 0 radical (unpaired) electrons. The summed E-state index contributed by atoms with van der Waals surface area (Å²) < 4.78 is 10.8. The van der Waals surface area contributed by atoms with Crippen LogP contribution in [-0.2, 0) is 6.54 Å². The Morgan fingerprint density at radius 3 is 2.70 bits per heavy atom. The fourth-order valence-electron chi connectivity index (χ4n) is 1.77. The highest BCUT2D eigenvalue weighted by Crippen LogP contribution is 2.30. The van der Waals surface area contributed by atoms with E-state index in [1.807, 2.05) is 25.1 Å². The van der Waals surface area contributed by atoms with E-state index >= 15 is 0 Å². The van der Waals surface area contributed by atoms with Crippen molar-refractivity contribution in [3.8, 4) is 17.2 Å². The van der Waals surface area contributed by atoms with Crippen LogP contribution in [0.2, 0.25) is 0 Å². The molecule has 0 saturated carbocycles. The second-order valence-electron chi connectivity index (χ2n) is 4.16. The number of aromatic hydroxyl groups is 1. The van der Waals surface area contributed by atoms with E-state index in [-0.39, 0.29) is 5.75 Å². The zero-order chi connectivity index (χ0) is 14.4. The number of aromatic nitrogens is 1. The average Bonchev–Trinajstić information content (AvgIpc) is 2.48. The molecule has 0 amide bonds. The van der Waals surface area contributed by atoms with Crippen molar-refractivity contribution in [2.75, 3.05) is 19.0 Å². The molecule has 0 unspecified atom stereocenters. The van der Waals surface area contributed by atoms with Crippen LogP contribution in [0.15, 0.2) is 36.5 Å². The topological polar surface area (TPSA) is 63.6 Å². The van der Waals surface area contributed by atoms with E-state index in [2.05, 4.69) is 10.3 Å². The Morgan fingerprint density at radius 2 is 2.05 bits per heavy atom. The fraction of sp³-hybridized carbons (Fsp3) is 0.267. The maximum absolute atomic E-state index is 9.18. The van der Waals surface area contributed by atoms with E-state index in [4.69, 9.17) is 9.47 Å². The third-order valence-electron chi connectivity index (χ3n) is 2.75. The molecule has 2 aromatic rings. The molecule has 0 saturated heterocycles. The summed E-state index contributed by atoms with van der Waals surface area (Å²) in [6.07, 6.45) is 1.43. The number of anilines is 1. The lowest BCUT2D eigenvalue weighted by molar-refractivity contribution is 0.311. The Hall–Kier alpha value is -2.43. The number of rotatable bonds is 6. The van der Waals surface area contributed by atoms with Crippen molar-refractivity contribution in [3.05, 3.63) is 42.2 Å². The van der Waals surface area contributed by atoms with Crippen molar-refractivity contribution in [3.63, 3.8) is 0 Å². The molecule has 5 heteroatoms. The van der Waals surface area contributed by atoms with Gasteiger partial charge in [-0.1, -0.05) is 0 Å². The van der Waals surface area contributed by atoms with Crippen LogP contribution in [0.25, 0.3) is 0 Å². The predicted octanol–water partition coefficient (Wildman–Crippen LogP) is 2.81. The third-order valence-corrected chi connectivity index (χ3v) is 2.75. The highest BCUT2D eigenvalue weighted by atomic mass is 16.5. The van der Waals surface area contributed by atoms with Gasteiger partial charge in [0, 0.05) is 11.8 Å². The number of methoxy groups -OCH3 is 1. The zero-order valence-corrected chi connectivity index (χ0v) is 11.6. The van der Waals surface area contributed by atoms with Crippen molar-refractivity contribution in [1.29, 1.82) is 0 Å².